The molecular weight excluding hydrogens is 444 g/mol. The molecule has 3 aromatic rings. The van der Waals surface area contributed by atoms with Crippen LogP contribution in [0.5, 0.6) is 0 Å². The number of carboxylic acids is 1. The first-order valence-electron chi connectivity index (χ1n) is 10.3. The predicted octanol–water partition coefficient (Wildman–Crippen LogP) is 4.24. The summed E-state index contributed by atoms with van der Waals surface area (Å²) >= 11 is 0. The third-order valence-corrected chi connectivity index (χ3v) is 5.54. The first-order valence-corrected chi connectivity index (χ1v) is 10.3. The average Bonchev–Trinajstić information content (AvgIpc) is 2.77. The summed E-state index contributed by atoms with van der Waals surface area (Å²) in [6.45, 7) is 1.28. The van der Waals surface area contributed by atoms with Gasteiger partial charge in [0.1, 0.15) is 17.3 Å². The number of rotatable bonds is 5. The van der Waals surface area contributed by atoms with Gasteiger partial charge < -0.3 is 15.3 Å². The van der Waals surface area contributed by atoms with E-state index in [0.29, 0.717) is 25.0 Å². The zero-order valence-corrected chi connectivity index (χ0v) is 17.3. The Balaban J connectivity index is 1.86. The maximum Gasteiger partial charge on any atom is 0.412 e. The Kier molecular flexibility index (Phi) is 5.96. The number of hydrogen-bond donors (Lipinski definition) is 2. The largest absolute Gasteiger partial charge is 0.478 e. The number of hydrogen-bond acceptors (Lipinski definition) is 5. The zero-order valence-electron chi connectivity index (χ0n) is 17.3. The molecule has 174 valence electrons. The third-order valence-electron chi connectivity index (χ3n) is 5.54. The van der Waals surface area contributed by atoms with Crippen molar-refractivity contribution in [1.82, 2.24) is 9.38 Å². The van der Waals surface area contributed by atoms with Gasteiger partial charge in [-0.1, -0.05) is 6.07 Å². The van der Waals surface area contributed by atoms with Crippen molar-refractivity contribution in [3.8, 4) is 0 Å². The van der Waals surface area contributed by atoms with E-state index in [2.05, 4.69) is 10.3 Å². The first-order chi connectivity index (χ1) is 15.6. The molecule has 2 aromatic heterocycles. The third kappa shape index (κ3) is 4.62. The second-order valence-corrected chi connectivity index (χ2v) is 7.77. The van der Waals surface area contributed by atoms with Crippen LogP contribution >= 0.6 is 0 Å². The molecule has 1 atom stereocenters. The Morgan fingerprint density at radius 2 is 1.85 bits per heavy atom. The minimum absolute atomic E-state index is 0.195. The highest BCUT2D eigenvalue weighted by molar-refractivity contribution is 5.94. The second-order valence-electron chi connectivity index (χ2n) is 7.77. The summed E-state index contributed by atoms with van der Waals surface area (Å²) in [6, 6.07) is 3.79. The number of aromatic carboxylic acids is 1. The monoisotopic (exact) mass is 464 g/mol. The van der Waals surface area contributed by atoms with Crippen LogP contribution in [-0.4, -0.2) is 39.7 Å². The molecule has 0 spiro atoms. The van der Waals surface area contributed by atoms with Gasteiger partial charge in [-0.15, -0.1) is 0 Å². The topological polar surface area (TPSA) is 86.9 Å². The second kappa shape index (κ2) is 8.72. The molecule has 0 saturated carbocycles. The van der Waals surface area contributed by atoms with Gasteiger partial charge in [0.2, 0.25) is 0 Å². The van der Waals surface area contributed by atoms with Crippen molar-refractivity contribution in [2.75, 3.05) is 23.3 Å². The maximum atomic E-state index is 14.2. The number of alkyl halides is 3. The standard InChI is InChI=1S/C22H20F4N4O3/c23-13-6-7-16(15(11-13)21(32)33)27-19(22(24,25)26)14-5-4-10-30-18(31)12-17(28-20(14)30)29-8-2-1-3-9-29/h4-7,10-12,19,27H,1-3,8-9H2,(H,32,33)/t19-/m0/s1. The van der Waals surface area contributed by atoms with Gasteiger partial charge in [0.25, 0.3) is 5.56 Å². The van der Waals surface area contributed by atoms with Gasteiger partial charge in [-0.2, -0.15) is 13.2 Å². The quantitative estimate of drug-likeness (QED) is 0.550. The van der Waals surface area contributed by atoms with Gasteiger partial charge in [0.15, 0.2) is 6.04 Å². The van der Waals surface area contributed by atoms with Crippen molar-refractivity contribution in [2.45, 2.75) is 31.5 Å². The van der Waals surface area contributed by atoms with E-state index in [1.54, 1.807) is 0 Å². The number of carboxylic acid groups (broad SMARTS) is 1. The number of pyridine rings is 1. The molecule has 2 N–H and O–H groups in total. The molecule has 1 fully saturated rings. The van der Waals surface area contributed by atoms with E-state index in [1.807, 2.05) is 4.90 Å². The fourth-order valence-corrected chi connectivity index (χ4v) is 3.96. The molecule has 3 heterocycles. The smallest absolute Gasteiger partial charge is 0.412 e. The van der Waals surface area contributed by atoms with Crippen LogP contribution in [0, 0.1) is 5.82 Å². The Bertz CT molecular complexity index is 1250. The van der Waals surface area contributed by atoms with E-state index in [1.165, 1.54) is 24.4 Å². The van der Waals surface area contributed by atoms with E-state index in [4.69, 9.17) is 0 Å². The zero-order chi connectivity index (χ0) is 23.8. The van der Waals surface area contributed by atoms with Crippen LogP contribution in [0.2, 0.25) is 0 Å². The highest BCUT2D eigenvalue weighted by Crippen LogP contribution is 2.38. The fourth-order valence-electron chi connectivity index (χ4n) is 3.96. The van der Waals surface area contributed by atoms with Crippen LogP contribution in [0.3, 0.4) is 0 Å². The summed E-state index contributed by atoms with van der Waals surface area (Å²) in [5.74, 6) is -2.19. The normalized spacial score (nSPS) is 15.5. The van der Waals surface area contributed by atoms with Crippen molar-refractivity contribution >= 4 is 23.1 Å². The molecule has 1 aliphatic heterocycles. The van der Waals surface area contributed by atoms with Gasteiger partial charge in [-0.25, -0.2) is 14.2 Å². The van der Waals surface area contributed by atoms with Crippen LogP contribution in [0.25, 0.3) is 5.65 Å². The minimum atomic E-state index is -4.88. The lowest BCUT2D eigenvalue weighted by Gasteiger charge is -2.28. The summed E-state index contributed by atoms with van der Waals surface area (Å²) in [5, 5.41) is 11.5. The SMILES string of the molecule is O=C(O)c1cc(F)ccc1N[C@@H](c1cccn2c(=O)cc(N3CCCCC3)nc12)C(F)(F)F. The Morgan fingerprint density at radius 1 is 1.12 bits per heavy atom. The molecule has 33 heavy (non-hydrogen) atoms. The maximum absolute atomic E-state index is 14.2. The van der Waals surface area contributed by atoms with Gasteiger partial charge in [0, 0.05) is 36.6 Å². The van der Waals surface area contributed by atoms with E-state index in [9.17, 15) is 32.3 Å². The van der Waals surface area contributed by atoms with Gasteiger partial charge in [0.05, 0.1) is 5.56 Å². The summed E-state index contributed by atoms with van der Waals surface area (Å²) in [6.07, 6.45) is -0.763. The van der Waals surface area contributed by atoms with Crippen LogP contribution < -0.4 is 15.8 Å². The average molecular weight is 464 g/mol. The molecule has 7 nitrogen and oxygen atoms in total. The number of carbonyl (C=O) groups is 1. The van der Waals surface area contributed by atoms with E-state index >= 15 is 0 Å². The molecule has 0 aliphatic carbocycles. The van der Waals surface area contributed by atoms with Crippen molar-refractivity contribution in [1.29, 1.82) is 0 Å². The molecule has 1 aromatic carbocycles. The molecule has 0 unspecified atom stereocenters. The van der Waals surface area contributed by atoms with Gasteiger partial charge in [-0.05, 0) is 43.5 Å². The van der Waals surface area contributed by atoms with E-state index in [0.717, 1.165) is 35.8 Å². The number of nitrogens with zero attached hydrogens (tertiary/aromatic N) is 3. The van der Waals surface area contributed by atoms with Crippen LogP contribution in [0.1, 0.15) is 41.2 Å². The van der Waals surface area contributed by atoms with E-state index < -0.39 is 40.8 Å². The van der Waals surface area contributed by atoms with Gasteiger partial charge in [-0.3, -0.25) is 9.20 Å². The lowest BCUT2D eigenvalue weighted by atomic mass is 10.1. The van der Waals surface area contributed by atoms with Crippen molar-refractivity contribution in [2.24, 2.45) is 0 Å². The van der Waals surface area contributed by atoms with E-state index in [-0.39, 0.29) is 11.2 Å². The molecule has 11 heteroatoms. The number of anilines is 2. The number of fused-ring (bicyclic) bond motifs is 1. The number of benzene rings is 1. The predicted molar refractivity (Wildman–Crippen MR) is 113 cm³/mol. The Labute approximate surface area is 185 Å². The Morgan fingerprint density at radius 3 is 2.52 bits per heavy atom. The number of nitrogens with one attached hydrogen (secondary N) is 1. The molecule has 4 rings (SSSR count). The van der Waals surface area contributed by atoms with Crippen molar-refractivity contribution in [3.05, 3.63) is 69.9 Å². The molecular formula is C22H20F4N4O3. The van der Waals surface area contributed by atoms with Crippen LogP contribution in [0.15, 0.2) is 47.4 Å². The first kappa shape index (κ1) is 22.6. The molecule has 0 amide bonds. The summed E-state index contributed by atoms with van der Waals surface area (Å²) in [7, 11) is 0. The lowest BCUT2D eigenvalue weighted by Crippen LogP contribution is -2.33. The summed E-state index contributed by atoms with van der Waals surface area (Å²) < 4.78 is 57.1. The minimum Gasteiger partial charge on any atom is -0.478 e. The highest BCUT2D eigenvalue weighted by Gasteiger charge is 2.43. The summed E-state index contributed by atoms with van der Waals surface area (Å²) in [4.78, 5) is 30.4. The van der Waals surface area contributed by atoms with Crippen LogP contribution in [-0.2, 0) is 0 Å². The van der Waals surface area contributed by atoms with Crippen LogP contribution in [0.4, 0.5) is 29.1 Å². The Hall–Kier alpha value is -3.63. The number of aromatic nitrogens is 2. The number of piperidine rings is 1. The highest BCUT2D eigenvalue weighted by atomic mass is 19.4. The number of halogens is 4. The van der Waals surface area contributed by atoms with Crippen molar-refractivity contribution < 1.29 is 27.5 Å². The molecule has 1 saturated heterocycles. The fraction of sp³-hybridized carbons (Fsp3) is 0.318. The van der Waals surface area contributed by atoms with Gasteiger partial charge >= 0.3 is 12.1 Å². The molecule has 1 aliphatic rings. The summed E-state index contributed by atoms with van der Waals surface area (Å²) in [5.41, 5.74) is -2.15. The van der Waals surface area contributed by atoms with Crippen molar-refractivity contribution in [3.63, 3.8) is 0 Å². The molecule has 0 radical (unpaired) electrons. The lowest BCUT2D eigenvalue weighted by molar-refractivity contribution is -0.143. The molecule has 0 bridgehead atoms.